The number of benzene rings is 2. The minimum atomic E-state index is -3.77. The molecule has 0 bridgehead atoms. The average Bonchev–Trinajstić information content (AvgIpc) is 2.93. The first kappa shape index (κ1) is 19.5. The minimum Gasteiger partial charge on any atom is -0.265 e. The molecule has 142 valence electrons. The summed E-state index contributed by atoms with van der Waals surface area (Å²) in [5, 5.41) is 4.52. The molecule has 0 amide bonds. The summed E-state index contributed by atoms with van der Waals surface area (Å²) in [5.41, 5.74) is 2.06. The lowest BCUT2D eigenvalue weighted by Crippen LogP contribution is -2.15. The summed E-state index contributed by atoms with van der Waals surface area (Å²) >= 11 is 6.18. The molecule has 0 aliphatic rings. The number of aromatic nitrogens is 2. The predicted octanol–water partition coefficient (Wildman–Crippen LogP) is 4.68. The first-order valence-electron chi connectivity index (χ1n) is 8.55. The van der Waals surface area contributed by atoms with Crippen molar-refractivity contribution < 1.29 is 8.42 Å². The largest absolute Gasteiger partial charge is 0.265 e. The fraction of sp³-hybridized carbons (Fsp3) is 0.250. The minimum absolute atomic E-state index is 0.0464. The van der Waals surface area contributed by atoms with Crippen molar-refractivity contribution in [1.82, 2.24) is 9.78 Å². The lowest BCUT2D eigenvalue weighted by molar-refractivity contribution is 0.587. The van der Waals surface area contributed by atoms with E-state index in [-0.39, 0.29) is 21.2 Å². The first-order chi connectivity index (χ1) is 12.6. The van der Waals surface area contributed by atoms with E-state index in [1.54, 1.807) is 23.0 Å². The van der Waals surface area contributed by atoms with Gasteiger partial charge >= 0.3 is 0 Å². The maximum atomic E-state index is 12.7. The van der Waals surface area contributed by atoms with Gasteiger partial charge in [-0.05, 0) is 28.7 Å². The normalized spacial score (nSPS) is 12.1. The number of halogens is 1. The number of sulfonamides is 1. The summed E-state index contributed by atoms with van der Waals surface area (Å²) < 4.78 is 29.4. The molecule has 1 N–H and O–H groups in total. The standard InChI is InChI=1S/C20H22ClN3O2S/c1-20(2,3)16-9-11-17(12-10-16)27(25,26)23-19-18(21)14-24(22-19)13-15-7-5-4-6-8-15/h4-12,14H,13H2,1-3H3,(H,22,23). The average molecular weight is 404 g/mol. The molecule has 0 radical (unpaired) electrons. The van der Waals surface area contributed by atoms with Crippen LogP contribution in [0.2, 0.25) is 5.02 Å². The van der Waals surface area contributed by atoms with E-state index >= 15 is 0 Å². The molecule has 3 rings (SSSR count). The fourth-order valence-corrected chi connectivity index (χ4v) is 3.91. The van der Waals surface area contributed by atoms with Gasteiger partial charge in [0.25, 0.3) is 10.0 Å². The van der Waals surface area contributed by atoms with Crippen LogP contribution in [0.1, 0.15) is 31.9 Å². The molecule has 0 aliphatic heterocycles. The second-order valence-corrected chi connectivity index (χ2v) is 9.48. The van der Waals surface area contributed by atoms with E-state index in [1.807, 2.05) is 42.5 Å². The number of hydrogen-bond acceptors (Lipinski definition) is 3. The van der Waals surface area contributed by atoms with Crippen LogP contribution in [-0.2, 0) is 22.0 Å². The van der Waals surface area contributed by atoms with E-state index in [9.17, 15) is 8.42 Å². The zero-order chi connectivity index (χ0) is 19.7. The van der Waals surface area contributed by atoms with Crippen LogP contribution in [0.5, 0.6) is 0 Å². The van der Waals surface area contributed by atoms with Gasteiger partial charge in [0.15, 0.2) is 5.82 Å². The molecule has 2 aromatic carbocycles. The van der Waals surface area contributed by atoms with Crippen LogP contribution >= 0.6 is 11.6 Å². The SMILES string of the molecule is CC(C)(C)c1ccc(S(=O)(=O)Nc2nn(Cc3ccccc3)cc2Cl)cc1. The van der Waals surface area contributed by atoms with Crippen molar-refractivity contribution >= 4 is 27.4 Å². The Labute approximate surface area is 165 Å². The van der Waals surface area contributed by atoms with Crippen molar-refractivity contribution in [3.05, 3.63) is 76.9 Å². The van der Waals surface area contributed by atoms with E-state index in [4.69, 9.17) is 11.6 Å². The third kappa shape index (κ3) is 4.70. The van der Waals surface area contributed by atoms with Crippen molar-refractivity contribution in [2.24, 2.45) is 0 Å². The third-order valence-electron chi connectivity index (χ3n) is 4.17. The van der Waals surface area contributed by atoms with E-state index in [0.717, 1.165) is 11.1 Å². The molecule has 0 aliphatic carbocycles. The number of nitrogens with one attached hydrogen (secondary N) is 1. The molecule has 0 saturated carbocycles. The Hall–Kier alpha value is -2.31. The Morgan fingerprint density at radius 1 is 1.04 bits per heavy atom. The molecule has 0 spiro atoms. The third-order valence-corrected chi connectivity index (χ3v) is 5.80. The number of rotatable bonds is 5. The Kier molecular flexibility index (Phi) is 5.31. The smallest absolute Gasteiger partial charge is 0.263 e. The van der Waals surface area contributed by atoms with Gasteiger partial charge in [-0.15, -0.1) is 0 Å². The maximum absolute atomic E-state index is 12.7. The van der Waals surface area contributed by atoms with Gasteiger partial charge in [-0.25, -0.2) is 8.42 Å². The van der Waals surface area contributed by atoms with Crippen LogP contribution < -0.4 is 4.72 Å². The number of hydrogen-bond donors (Lipinski definition) is 1. The molecule has 5 nitrogen and oxygen atoms in total. The van der Waals surface area contributed by atoms with Crippen LogP contribution in [0.15, 0.2) is 65.7 Å². The lowest BCUT2D eigenvalue weighted by Gasteiger charge is -2.19. The summed E-state index contributed by atoms with van der Waals surface area (Å²) in [6, 6.07) is 16.6. The van der Waals surface area contributed by atoms with E-state index in [2.05, 4.69) is 30.6 Å². The van der Waals surface area contributed by atoms with Gasteiger partial charge in [0.1, 0.15) is 5.02 Å². The van der Waals surface area contributed by atoms with Gasteiger partial charge in [-0.1, -0.05) is 74.8 Å². The van der Waals surface area contributed by atoms with Crippen LogP contribution in [0.4, 0.5) is 5.82 Å². The topological polar surface area (TPSA) is 64.0 Å². The molecule has 0 saturated heterocycles. The first-order valence-corrected chi connectivity index (χ1v) is 10.4. The van der Waals surface area contributed by atoms with Gasteiger partial charge in [0.05, 0.1) is 11.4 Å². The fourth-order valence-electron chi connectivity index (χ4n) is 2.64. The van der Waals surface area contributed by atoms with E-state index in [1.165, 1.54) is 0 Å². The van der Waals surface area contributed by atoms with Crippen molar-refractivity contribution in [1.29, 1.82) is 0 Å². The van der Waals surface area contributed by atoms with Crippen molar-refractivity contribution in [3.8, 4) is 0 Å². The summed E-state index contributed by atoms with van der Waals surface area (Å²) in [6.07, 6.45) is 1.61. The van der Waals surface area contributed by atoms with Gasteiger partial charge in [0.2, 0.25) is 0 Å². The quantitative estimate of drug-likeness (QED) is 0.672. The summed E-state index contributed by atoms with van der Waals surface area (Å²) in [5.74, 6) is 0.118. The molecule has 27 heavy (non-hydrogen) atoms. The van der Waals surface area contributed by atoms with Gasteiger partial charge in [-0.3, -0.25) is 9.40 Å². The second-order valence-electron chi connectivity index (χ2n) is 7.39. The number of anilines is 1. The molecule has 1 aromatic heterocycles. The monoisotopic (exact) mass is 403 g/mol. The molecule has 0 fully saturated rings. The highest BCUT2D eigenvalue weighted by molar-refractivity contribution is 7.92. The highest BCUT2D eigenvalue weighted by atomic mass is 35.5. The maximum Gasteiger partial charge on any atom is 0.263 e. The van der Waals surface area contributed by atoms with Gasteiger partial charge in [0, 0.05) is 6.20 Å². The molecule has 0 unspecified atom stereocenters. The Balaban J connectivity index is 1.80. The Morgan fingerprint density at radius 2 is 1.67 bits per heavy atom. The van der Waals surface area contributed by atoms with Gasteiger partial charge in [-0.2, -0.15) is 5.10 Å². The summed E-state index contributed by atoms with van der Waals surface area (Å²) in [4.78, 5) is 0.171. The van der Waals surface area contributed by atoms with Crippen LogP contribution in [-0.4, -0.2) is 18.2 Å². The molecule has 3 aromatic rings. The summed E-state index contributed by atoms with van der Waals surface area (Å²) in [6.45, 7) is 6.73. The van der Waals surface area contributed by atoms with Crippen LogP contribution in [0.25, 0.3) is 0 Å². The Bertz CT molecular complexity index is 1020. The molecule has 1 heterocycles. The zero-order valence-corrected chi connectivity index (χ0v) is 17.1. The number of nitrogens with zero attached hydrogens (tertiary/aromatic N) is 2. The van der Waals surface area contributed by atoms with Crippen molar-refractivity contribution in [3.63, 3.8) is 0 Å². The molecular weight excluding hydrogens is 382 g/mol. The highest BCUT2D eigenvalue weighted by Crippen LogP contribution is 2.26. The van der Waals surface area contributed by atoms with Crippen molar-refractivity contribution in [2.75, 3.05) is 4.72 Å². The lowest BCUT2D eigenvalue weighted by atomic mass is 9.87. The van der Waals surface area contributed by atoms with Gasteiger partial charge < -0.3 is 0 Å². The van der Waals surface area contributed by atoms with E-state index < -0.39 is 10.0 Å². The van der Waals surface area contributed by atoms with Crippen molar-refractivity contribution in [2.45, 2.75) is 37.6 Å². The second kappa shape index (κ2) is 7.37. The van der Waals surface area contributed by atoms with Crippen LogP contribution in [0.3, 0.4) is 0 Å². The molecular formula is C20H22ClN3O2S. The van der Waals surface area contributed by atoms with E-state index in [0.29, 0.717) is 6.54 Å². The van der Waals surface area contributed by atoms with Crippen LogP contribution in [0, 0.1) is 0 Å². The summed E-state index contributed by atoms with van der Waals surface area (Å²) in [7, 11) is -3.77. The molecule has 7 heteroatoms. The zero-order valence-electron chi connectivity index (χ0n) is 15.5. The molecule has 0 atom stereocenters. The Morgan fingerprint density at radius 3 is 2.26 bits per heavy atom. The highest BCUT2D eigenvalue weighted by Gasteiger charge is 2.20. The predicted molar refractivity (Wildman–Crippen MR) is 109 cm³/mol.